The van der Waals surface area contributed by atoms with Gasteiger partial charge < -0.3 is 4.84 Å². The van der Waals surface area contributed by atoms with E-state index in [1.807, 2.05) is 0 Å². The van der Waals surface area contributed by atoms with Crippen LogP contribution in [0.25, 0.3) is 11.1 Å². The number of anilines is 1. The van der Waals surface area contributed by atoms with Gasteiger partial charge in [-0.25, -0.2) is 9.48 Å². The number of carbonyl (C=O) groups excluding carboxylic acids is 2. The van der Waals surface area contributed by atoms with Gasteiger partial charge in [0.15, 0.2) is 0 Å². The number of aromatic nitrogens is 2. The molecule has 1 aliphatic heterocycles. The summed E-state index contributed by atoms with van der Waals surface area (Å²) in [7, 11) is 0. The number of hydroxylamine groups is 1. The number of hydrogen-bond acceptors (Lipinski definition) is 5. The molecule has 0 fully saturated rings. The molecule has 4 rings (SSSR count). The smallest absolute Gasteiger partial charge is 0.366 e. The molecule has 0 radical (unpaired) electrons. The van der Waals surface area contributed by atoms with Crippen LogP contribution in [0.5, 0.6) is 0 Å². The molecule has 1 N–H and O–H groups in total. The lowest BCUT2D eigenvalue weighted by molar-refractivity contribution is -0.137. The fraction of sp³-hybridized carbons (Fsp3) is 0.227. The van der Waals surface area contributed by atoms with Gasteiger partial charge in [-0.05, 0) is 29.8 Å². The van der Waals surface area contributed by atoms with Crippen LogP contribution in [0.4, 0.5) is 19.0 Å². The van der Waals surface area contributed by atoms with E-state index in [0.717, 1.165) is 12.1 Å². The first-order valence-corrected chi connectivity index (χ1v) is 9.77. The molecule has 1 unspecified atom stereocenters. The van der Waals surface area contributed by atoms with E-state index in [1.54, 1.807) is 35.0 Å². The van der Waals surface area contributed by atoms with Crippen LogP contribution < -0.4 is 10.4 Å². The van der Waals surface area contributed by atoms with Crippen LogP contribution in [0.15, 0.2) is 60.8 Å². The zero-order valence-corrected chi connectivity index (χ0v) is 17.0. The normalized spacial score (nSPS) is 15.9. The minimum atomic E-state index is -4.43. The van der Waals surface area contributed by atoms with Crippen molar-refractivity contribution in [1.29, 1.82) is 0 Å². The third kappa shape index (κ3) is 4.35. The molecule has 0 spiro atoms. The predicted molar refractivity (Wildman–Crippen MR) is 109 cm³/mol. The summed E-state index contributed by atoms with van der Waals surface area (Å²) in [4.78, 5) is 31.1. The van der Waals surface area contributed by atoms with Crippen LogP contribution >= 0.6 is 0 Å². The maximum absolute atomic E-state index is 12.9. The molecule has 166 valence electrons. The van der Waals surface area contributed by atoms with Crippen molar-refractivity contribution in [3.8, 4) is 11.1 Å². The Morgan fingerprint density at radius 1 is 1.06 bits per heavy atom. The monoisotopic (exact) mass is 444 g/mol. The average molecular weight is 444 g/mol. The summed E-state index contributed by atoms with van der Waals surface area (Å²) in [6, 6.07) is 12.7. The van der Waals surface area contributed by atoms with E-state index in [-0.39, 0.29) is 12.5 Å². The van der Waals surface area contributed by atoms with Gasteiger partial charge in [-0.2, -0.15) is 18.3 Å². The summed E-state index contributed by atoms with van der Waals surface area (Å²) in [6.07, 6.45) is -2.93. The fourth-order valence-electron chi connectivity index (χ4n) is 3.54. The van der Waals surface area contributed by atoms with Crippen LogP contribution in [0.1, 0.15) is 22.8 Å². The topological polar surface area (TPSA) is 76.5 Å². The van der Waals surface area contributed by atoms with E-state index in [0.29, 0.717) is 29.1 Å². The summed E-state index contributed by atoms with van der Waals surface area (Å²) < 4.78 is 40.2. The third-order valence-electron chi connectivity index (χ3n) is 5.09. The lowest BCUT2D eigenvalue weighted by Gasteiger charge is -2.33. The van der Waals surface area contributed by atoms with Crippen LogP contribution in [-0.4, -0.2) is 34.2 Å². The lowest BCUT2D eigenvalue weighted by Crippen LogP contribution is -2.50. The van der Waals surface area contributed by atoms with Crippen molar-refractivity contribution in [2.45, 2.75) is 25.7 Å². The lowest BCUT2D eigenvalue weighted by atomic mass is 10.0. The molecule has 0 aliphatic carbocycles. The molecule has 0 saturated heterocycles. The average Bonchev–Trinajstić information content (AvgIpc) is 3.21. The van der Waals surface area contributed by atoms with Crippen LogP contribution in [0.3, 0.4) is 0 Å². The molecule has 1 aliphatic rings. The molecular weight excluding hydrogens is 425 g/mol. The summed E-state index contributed by atoms with van der Waals surface area (Å²) in [6.45, 7) is 1.87. The van der Waals surface area contributed by atoms with Gasteiger partial charge in [-0.1, -0.05) is 30.3 Å². The Morgan fingerprint density at radius 3 is 2.38 bits per heavy atom. The number of amides is 1. The predicted octanol–water partition coefficient (Wildman–Crippen LogP) is 3.67. The first-order valence-electron chi connectivity index (χ1n) is 9.77. The molecule has 1 amide bonds. The zero-order chi connectivity index (χ0) is 22.9. The first-order chi connectivity index (χ1) is 15.2. The highest BCUT2D eigenvalue weighted by Crippen LogP contribution is 2.36. The number of alkyl halides is 3. The maximum Gasteiger partial charge on any atom is 0.416 e. The molecule has 1 aromatic heterocycles. The first kappa shape index (κ1) is 21.6. The standard InChI is InChI=1S/C22H19F3N4O3/c1-14(30)28-12-18(27-32-21(31)16-5-3-2-4-6-16)13-29-20(28)19(11-26-29)15-7-9-17(10-8-15)22(23,24)25/h2-11,18,27H,12-13H2,1H3. The second-order valence-electron chi connectivity index (χ2n) is 7.34. The molecule has 1 atom stereocenters. The molecule has 0 bridgehead atoms. The second kappa shape index (κ2) is 8.46. The number of carbonyl (C=O) groups is 2. The molecule has 3 aromatic rings. The van der Waals surface area contributed by atoms with Crippen molar-refractivity contribution in [3.63, 3.8) is 0 Å². The Balaban J connectivity index is 1.54. The van der Waals surface area contributed by atoms with Crippen molar-refractivity contribution in [1.82, 2.24) is 15.3 Å². The van der Waals surface area contributed by atoms with Crippen molar-refractivity contribution in [2.75, 3.05) is 11.4 Å². The highest BCUT2D eigenvalue weighted by Gasteiger charge is 2.33. The van der Waals surface area contributed by atoms with Gasteiger partial charge in [-0.15, -0.1) is 5.48 Å². The Hall–Kier alpha value is -3.66. The molecule has 0 saturated carbocycles. The fourth-order valence-corrected chi connectivity index (χ4v) is 3.54. The van der Waals surface area contributed by atoms with Crippen molar-refractivity contribution < 1.29 is 27.6 Å². The van der Waals surface area contributed by atoms with Crippen molar-refractivity contribution >= 4 is 17.7 Å². The van der Waals surface area contributed by atoms with Crippen LogP contribution in [0.2, 0.25) is 0 Å². The Bertz CT molecular complexity index is 1130. The largest absolute Gasteiger partial charge is 0.416 e. The molecular formula is C22H19F3N4O3. The molecule has 2 heterocycles. The number of nitrogens with zero attached hydrogens (tertiary/aromatic N) is 3. The van der Waals surface area contributed by atoms with Crippen molar-refractivity contribution in [3.05, 3.63) is 71.9 Å². The van der Waals surface area contributed by atoms with Gasteiger partial charge in [0.2, 0.25) is 5.91 Å². The van der Waals surface area contributed by atoms with E-state index in [4.69, 9.17) is 4.84 Å². The Kier molecular flexibility index (Phi) is 5.70. The third-order valence-corrected chi connectivity index (χ3v) is 5.09. The Morgan fingerprint density at radius 2 is 1.75 bits per heavy atom. The van der Waals surface area contributed by atoms with Gasteiger partial charge in [0.25, 0.3) is 0 Å². The van der Waals surface area contributed by atoms with Crippen molar-refractivity contribution in [2.24, 2.45) is 0 Å². The molecule has 7 nitrogen and oxygen atoms in total. The van der Waals surface area contributed by atoms with Gasteiger partial charge in [-0.3, -0.25) is 9.69 Å². The molecule has 2 aromatic carbocycles. The van der Waals surface area contributed by atoms with Crippen LogP contribution in [0, 0.1) is 0 Å². The summed E-state index contributed by atoms with van der Waals surface area (Å²) in [5.74, 6) is -0.359. The number of benzene rings is 2. The Labute approximate surface area is 181 Å². The summed E-state index contributed by atoms with van der Waals surface area (Å²) in [5, 5.41) is 4.29. The van der Waals surface area contributed by atoms with E-state index in [1.165, 1.54) is 30.2 Å². The molecule has 32 heavy (non-hydrogen) atoms. The number of rotatable bonds is 4. The van der Waals surface area contributed by atoms with E-state index in [9.17, 15) is 22.8 Å². The highest BCUT2D eigenvalue weighted by molar-refractivity contribution is 5.95. The van der Waals surface area contributed by atoms with Crippen LogP contribution in [-0.2, 0) is 22.4 Å². The minimum absolute atomic E-state index is 0.191. The maximum atomic E-state index is 12.9. The van der Waals surface area contributed by atoms with Gasteiger partial charge >= 0.3 is 12.1 Å². The summed E-state index contributed by atoms with van der Waals surface area (Å²) in [5.41, 5.74) is 3.36. The molecule has 10 heteroatoms. The van der Waals surface area contributed by atoms with Gasteiger partial charge in [0, 0.05) is 19.0 Å². The quantitative estimate of drug-likeness (QED) is 0.622. The van der Waals surface area contributed by atoms with Gasteiger partial charge in [0.1, 0.15) is 5.82 Å². The number of nitrogens with one attached hydrogen (secondary N) is 1. The number of fused-ring (bicyclic) bond motifs is 1. The van der Waals surface area contributed by atoms with E-state index in [2.05, 4.69) is 10.6 Å². The zero-order valence-electron chi connectivity index (χ0n) is 17.0. The van der Waals surface area contributed by atoms with E-state index < -0.39 is 23.8 Å². The SMILES string of the molecule is CC(=O)N1CC(NOC(=O)c2ccccc2)Cn2ncc(-c3ccc(C(F)(F)F)cc3)c21. The number of halogens is 3. The minimum Gasteiger partial charge on any atom is -0.366 e. The number of hydrogen-bond donors (Lipinski definition) is 1. The second-order valence-corrected chi connectivity index (χ2v) is 7.34. The highest BCUT2D eigenvalue weighted by atomic mass is 19.4. The van der Waals surface area contributed by atoms with Gasteiger partial charge in [0.05, 0.1) is 29.9 Å². The van der Waals surface area contributed by atoms with E-state index >= 15 is 0 Å². The summed E-state index contributed by atoms with van der Waals surface area (Å²) >= 11 is 0.